The summed E-state index contributed by atoms with van der Waals surface area (Å²) in [6.45, 7) is 4.33. The first-order valence-corrected chi connectivity index (χ1v) is 29.7. The van der Waals surface area contributed by atoms with Gasteiger partial charge in [-0.2, -0.15) is 0 Å². The highest BCUT2D eigenvalue weighted by molar-refractivity contribution is 5.76. The van der Waals surface area contributed by atoms with Gasteiger partial charge in [0.2, 0.25) is 5.91 Å². The zero-order chi connectivity index (χ0) is 47.0. The van der Waals surface area contributed by atoms with E-state index < -0.39 is 12.1 Å². The Bertz CT molecular complexity index is 989. The molecule has 4 heteroatoms. The Morgan fingerprint density at radius 3 is 0.892 bits per heavy atom. The lowest BCUT2D eigenvalue weighted by Crippen LogP contribution is -2.45. The van der Waals surface area contributed by atoms with Crippen molar-refractivity contribution in [3.05, 3.63) is 36.5 Å². The van der Waals surface area contributed by atoms with Crippen molar-refractivity contribution in [2.75, 3.05) is 6.61 Å². The maximum atomic E-state index is 12.5. The minimum atomic E-state index is -0.862. The summed E-state index contributed by atoms with van der Waals surface area (Å²) < 4.78 is 0. The van der Waals surface area contributed by atoms with E-state index >= 15 is 0 Å². The van der Waals surface area contributed by atoms with Crippen LogP contribution in [0.3, 0.4) is 0 Å². The minimum absolute atomic E-state index is 0.0679. The molecule has 4 nitrogen and oxygen atoms in total. The van der Waals surface area contributed by atoms with Gasteiger partial charge in [0, 0.05) is 6.42 Å². The molecule has 2 unspecified atom stereocenters. The van der Waals surface area contributed by atoms with Crippen LogP contribution in [-0.2, 0) is 4.79 Å². The Labute approximate surface area is 408 Å². The van der Waals surface area contributed by atoms with Gasteiger partial charge in [0.15, 0.2) is 0 Å². The zero-order valence-electron chi connectivity index (χ0n) is 44.3. The highest BCUT2D eigenvalue weighted by Gasteiger charge is 2.18. The second-order valence-electron chi connectivity index (χ2n) is 20.4. The number of aliphatic hydroxyl groups excluding tert-OH is 2. The molecule has 0 fully saturated rings. The number of nitrogens with one attached hydrogen (secondary N) is 1. The summed E-state index contributed by atoms with van der Waals surface area (Å²) in [7, 11) is 0. The third-order valence-corrected chi connectivity index (χ3v) is 13.8. The van der Waals surface area contributed by atoms with Crippen molar-refractivity contribution in [3.63, 3.8) is 0 Å². The second-order valence-corrected chi connectivity index (χ2v) is 20.4. The largest absolute Gasteiger partial charge is 0.394 e. The average Bonchev–Trinajstić information content (AvgIpc) is 3.31. The highest BCUT2D eigenvalue weighted by atomic mass is 16.3. The molecule has 65 heavy (non-hydrogen) atoms. The number of hydrogen-bond donors (Lipinski definition) is 3. The first-order valence-electron chi connectivity index (χ1n) is 29.7. The molecule has 0 heterocycles. The Morgan fingerprint density at radius 2 is 0.600 bits per heavy atom. The van der Waals surface area contributed by atoms with E-state index in [1.807, 2.05) is 6.08 Å². The summed E-state index contributed by atoms with van der Waals surface area (Å²) in [5.41, 5.74) is 0. The van der Waals surface area contributed by atoms with E-state index in [-0.39, 0.29) is 12.5 Å². The van der Waals surface area contributed by atoms with Gasteiger partial charge in [-0.3, -0.25) is 4.79 Å². The van der Waals surface area contributed by atoms with Crippen molar-refractivity contribution >= 4 is 5.91 Å². The summed E-state index contributed by atoms with van der Waals surface area (Å²) >= 11 is 0. The molecule has 0 bridgehead atoms. The number of unbranched alkanes of at least 4 members (excludes halogenated alkanes) is 44. The van der Waals surface area contributed by atoms with Gasteiger partial charge in [-0.25, -0.2) is 0 Å². The van der Waals surface area contributed by atoms with Crippen LogP contribution in [-0.4, -0.2) is 34.9 Å². The van der Waals surface area contributed by atoms with Gasteiger partial charge >= 0.3 is 0 Å². The molecule has 1 amide bonds. The van der Waals surface area contributed by atoms with Crippen LogP contribution in [0.4, 0.5) is 0 Å². The van der Waals surface area contributed by atoms with Crippen LogP contribution in [0.25, 0.3) is 0 Å². The van der Waals surface area contributed by atoms with Crippen molar-refractivity contribution < 1.29 is 15.0 Å². The fraction of sp³-hybridized carbons (Fsp3) is 0.885. The molecule has 0 aliphatic carbocycles. The lowest BCUT2D eigenvalue weighted by molar-refractivity contribution is -0.123. The number of allylic oxidation sites excluding steroid dienone is 5. The quantitative estimate of drug-likeness (QED) is 0.0421. The summed E-state index contributed by atoms with van der Waals surface area (Å²) in [6.07, 6.45) is 77.5. The van der Waals surface area contributed by atoms with E-state index in [0.29, 0.717) is 6.42 Å². The standard InChI is InChI=1S/C61H117NO3/c1-3-5-7-9-11-13-15-17-19-21-23-25-27-29-30-31-32-33-35-37-39-41-43-45-47-49-51-53-55-57-61(65)62-59(58-63)60(64)56-54-52-50-48-46-44-42-40-38-36-34-28-26-24-22-20-18-16-14-12-10-8-6-4-2/h21,23,46,48,54,56,59-60,63-64H,3-20,22,24-45,47,49-53,55,57-58H2,1-2H3,(H,62,65)/b23-21-,48-46+,56-54+. The third kappa shape index (κ3) is 53.4. The minimum Gasteiger partial charge on any atom is -0.394 e. The number of aliphatic hydroxyl groups is 2. The molecule has 0 aromatic rings. The molecule has 2 atom stereocenters. The number of carbonyl (C=O) groups excluding carboxylic acids is 1. The number of carbonyl (C=O) groups is 1. The number of rotatable bonds is 55. The molecule has 0 aliphatic heterocycles. The molecule has 384 valence electrons. The number of amides is 1. The molecule has 0 aromatic heterocycles. The SMILES string of the molecule is CCCCCCCCCC/C=C\CCCCCCCCCCCCCCCCCCCC(=O)NC(CO)C(O)/C=C/CC/C=C/CCCCCCCCCCCCCCCCCCCC. The highest BCUT2D eigenvalue weighted by Crippen LogP contribution is 2.17. The maximum absolute atomic E-state index is 12.5. The van der Waals surface area contributed by atoms with E-state index in [4.69, 9.17) is 0 Å². The Kier molecular flexibility index (Phi) is 55.7. The fourth-order valence-corrected chi connectivity index (χ4v) is 9.31. The number of hydrogen-bond acceptors (Lipinski definition) is 3. The first-order chi connectivity index (χ1) is 32.2. The van der Waals surface area contributed by atoms with Crippen molar-refractivity contribution in [2.45, 2.75) is 341 Å². The lowest BCUT2D eigenvalue weighted by Gasteiger charge is -2.19. The fourth-order valence-electron chi connectivity index (χ4n) is 9.31. The third-order valence-electron chi connectivity index (χ3n) is 13.8. The van der Waals surface area contributed by atoms with E-state index in [9.17, 15) is 15.0 Å². The predicted octanol–water partition coefficient (Wildman–Crippen LogP) is 19.6. The van der Waals surface area contributed by atoms with E-state index in [2.05, 4.69) is 43.5 Å². The Hall–Kier alpha value is -1.39. The van der Waals surface area contributed by atoms with Crippen LogP contribution in [0.2, 0.25) is 0 Å². The van der Waals surface area contributed by atoms with E-state index in [1.165, 1.54) is 276 Å². The topological polar surface area (TPSA) is 69.6 Å². The molecule has 0 radical (unpaired) electrons. The molecule has 3 N–H and O–H groups in total. The maximum Gasteiger partial charge on any atom is 0.220 e. The van der Waals surface area contributed by atoms with Crippen LogP contribution in [0.15, 0.2) is 36.5 Å². The van der Waals surface area contributed by atoms with Crippen LogP contribution in [0, 0.1) is 0 Å². The van der Waals surface area contributed by atoms with Crippen LogP contribution >= 0.6 is 0 Å². The Morgan fingerprint density at radius 1 is 0.354 bits per heavy atom. The van der Waals surface area contributed by atoms with Gasteiger partial charge in [0.25, 0.3) is 0 Å². The van der Waals surface area contributed by atoms with Gasteiger partial charge in [-0.05, 0) is 57.8 Å². The summed E-state index contributed by atoms with van der Waals surface area (Å²) in [6, 6.07) is -0.638. The van der Waals surface area contributed by atoms with E-state index in [0.717, 1.165) is 32.1 Å². The van der Waals surface area contributed by atoms with Crippen molar-refractivity contribution in [2.24, 2.45) is 0 Å². The van der Waals surface area contributed by atoms with Gasteiger partial charge < -0.3 is 15.5 Å². The molecule has 0 aromatic carbocycles. The second kappa shape index (κ2) is 56.9. The predicted molar refractivity (Wildman–Crippen MR) is 290 cm³/mol. The lowest BCUT2D eigenvalue weighted by atomic mass is 10.0. The van der Waals surface area contributed by atoms with Gasteiger partial charge in [0.05, 0.1) is 18.8 Å². The normalized spacial score (nSPS) is 13.0. The van der Waals surface area contributed by atoms with Crippen molar-refractivity contribution in [3.8, 4) is 0 Å². The monoisotopic (exact) mass is 912 g/mol. The zero-order valence-corrected chi connectivity index (χ0v) is 44.3. The van der Waals surface area contributed by atoms with Gasteiger partial charge in [0.1, 0.15) is 0 Å². The average molecular weight is 913 g/mol. The molecular formula is C61H117NO3. The summed E-state index contributed by atoms with van der Waals surface area (Å²) in [5, 5.41) is 23.2. The molecule has 0 spiro atoms. The molecule has 0 aliphatic rings. The van der Waals surface area contributed by atoms with Gasteiger partial charge in [-0.15, -0.1) is 0 Å². The van der Waals surface area contributed by atoms with Crippen LogP contribution < -0.4 is 5.32 Å². The smallest absolute Gasteiger partial charge is 0.220 e. The Balaban J connectivity index is 3.48. The first kappa shape index (κ1) is 63.6. The molecule has 0 rings (SSSR count). The van der Waals surface area contributed by atoms with Crippen molar-refractivity contribution in [1.29, 1.82) is 0 Å². The molecular weight excluding hydrogens is 795 g/mol. The molecule has 0 saturated heterocycles. The molecule has 0 saturated carbocycles. The van der Waals surface area contributed by atoms with E-state index in [1.54, 1.807) is 6.08 Å². The van der Waals surface area contributed by atoms with Gasteiger partial charge in [-0.1, -0.05) is 301 Å². The summed E-state index contributed by atoms with van der Waals surface area (Å²) in [5.74, 6) is -0.0679. The van der Waals surface area contributed by atoms with Crippen LogP contribution in [0.5, 0.6) is 0 Å². The van der Waals surface area contributed by atoms with Crippen molar-refractivity contribution in [1.82, 2.24) is 5.32 Å². The summed E-state index contributed by atoms with van der Waals surface area (Å²) in [4.78, 5) is 12.5. The van der Waals surface area contributed by atoms with Crippen LogP contribution in [0.1, 0.15) is 328 Å².